The van der Waals surface area contributed by atoms with Crippen molar-refractivity contribution in [2.24, 2.45) is 0 Å². The van der Waals surface area contributed by atoms with Gasteiger partial charge in [-0.15, -0.1) is 0 Å². The monoisotopic (exact) mass is 305 g/mol. The third-order valence-electron chi connectivity index (χ3n) is 3.34. The molecule has 21 heavy (non-hydrogen) atoms. The fraction of sp³-hybridized carbons (Fsp3) is 0.333. The van der Waals surface area contributed by atoms with Crippen molar-refractivity contribution in [3.05, 3.63) is 41.0 Å². The number of halogens is 1. The van der Waals surface area contributed by atoms with Crippen molar-refractivity contribution in [1.29, 1.82) is 0 Å². The number of benzene rings is 1. The molecule has 2 heterocycles. The van der Waals surface area contributed by atoms with E-state index in [2.05, 4.69) is 15.3 Å². The molecular formula is C15H16ClN3O2. The van der Waals surface area contributed by atoms with Crippen LogP contribution in [0.3, 0.4) is 0 Å². The number of methoxy groups -OCH3 is 1. The van der Waals surface area contributed by atoms with Crippen molar-refractivity contribution in [2.45, 2.75) is 6.04 Å². The Balaban J connectivity index is 1.96. The molecule has 1 aliphatic heterocycles. The van der Waals surface area contributed by atoms with E-state index >= 15 is 0 Å². The van der Waals surface area contributed by atoms with Gasteiger partial charge < -0.3 is 14.8 Å². The quantitative estimate of drug-likeness (QED) is 0.944. The fourth-order valence-corrected chi connectivity index (χ4v) is 2.56. The van der Waals surface area contributed by atoms with Gasteiger partial charge in [-0.1, -0.05) is 11.6 Å². The summed E-state index contributed by atoms with van der Waals surface area (Å²) >= 11 is 6.24. The normalized spacial score (nSPS) is 18.5. The summed E-state index contributed by atoms with van der Waals surface area (Å²) in [7, 11) is 1.58. The van der Waals surface area contributed by atoms with Gasteiger partial charge in [-0.05, 0) is 23.8 Å². The highest BCUT2D eigenvalue weighted by Crippen LogP contribution is 2.27. The van der Waals surface area contributed by atoms with Gasteiger partial charge in [-0.3, -0.25) is 0 Å². The molecule has 1 aromatic carbocycles. The summed E-state index contributed by atoms with van der Waals surface area (Å²) in [4.78, 5) is 8.63. The van der Waals surface area contributed by atoms with E-state index in [0.29, 0.717) is 23.3 Å². The molecule has 0 aliphatic carbocycles. The standard InChI is InChI=1S/C15H16ClN3O2/c1-20-14-2-3-18-15(19-14)11-6-10(7-12(16)8-11)13-9-21-5-4-17-13/h2-3,6-8,13,17H,4-5,9H2,1H3. The first-order valence-corrected chi connectivity index (χ1v) is 7.13. The lowest BCUT2D eigenvalue weighted by molar-refractivity contribution is 0.0769. The number of morpholine rings is 1. The van der Waals surface area contributed by atoms with E-state index in [1.165, 1.54) is 0 Å². The Morgan fingerprint density at radius 1 is 1.38 bits per heavy atom. The lowest BCUT2D eigenvalue weighted by Crippen LogP contribution is -2.34. The second kappa shape index (κ2) is 6.39. The fourth-order valence-electron chi connectivity index (χ4n) is 2.32. The summed E-state index contributed by atoms with van der Waals surface area (Å²) in [6, 6.07) is 7.68. The Bertz CT molecular complexity index is 630. The molecule has 0 radical (unpaired) electrons. The molecule has 0 bridgehead atoms. The van der Waals surface area contributed by atoms with Gasteiger partial charge in [-0.25, -0.2) is 4.98 Å². The average molecular weight is 306 g/mol. The van der Waals surface area contributed by atoms with E-state index in [4.69, 9.17) is 21.1 Å². The zero-order valence-corrected chi connectivity index (χ0v) is 12.4. The van der Waals surface area contributed by atoms with E-state index in [0.717, 1.165) is 24.3 Å². The second-order valence-electron chi connectivity index (χ2n) is 4.78. The van der Waals surface area contributed by atoms with Crippen LogP contribution >= 0.6 is 11.6 Å². The maximum atomic E-state index is 6.24. The molecule has 3 rings (SSSR count). The summed E-state index contributed by atoms with van der Waals surface area (Å²) in [6.07, 6.45) is 1.67. The molecule has 1 aliphatic rings. The number of ether oxygens (including phenoxy) is 2. The number of rotatable bonds is 3. The van der Waals surface area contributed by atoms with E-state index in [9.17, 15) is 0 Å². The molecule has 5 nitrogen and oxygen atoms in total. The van der Waals surface area contributed by atoms with E-state index in [-0.39, 0.29) is 6.04 Å². The number of nitrogens with one attached hydrogen (secondary N) is 1. The van der Waals surface area contributed by atoms with Crippen LogP contribution in [-0.2, 0) is 4.74 Å². The van der Waals surface area contributed by atoms with Gasteiger partial charge in [0.05, 0.1) is 26.4 Å². The minimum Gasteiger partial charge on any atom is -0.481 e. The number of nitrogens with zero attached hydrogens (tertiary/aromatic N) is 2. The average Bonchev–Trinajstić information content (AvgIpc) is 2.55. The SMILES string of the molecule is COc1ccnc(-c2cc(Cl)cc(C3COCCN3)c2)n1. The minimum atomic E-state index is 0.141. The number of hydrogen-bond donors (Lipinski definition) is 1. The molecule has 110 valence electrons. The smallest absolute Gasteiger partial charge is 0.216 e. The number of hydrogen-bond acceptors (Lipinski definition) is 5. The zero-order valence-electron chi connectivity index (χ0n) is 11.7. The molecule has 1 N–H and O–H groups in total. The lowest BCUT2D eigenvalue weighted by Gasteiger charge is -2.24. The maximum absolute atomic E-state index is 6.24. The molecule has 0 saturated carbocycles. The lowest BCUT2D eigenvalue weighted by atomic mass is 10.0. The van der Waals surface area contributed by atoms with Crippen molar-refractivity contribution in [3.63, 3.8) is 0 Å². The van der Waals surface area contributed by atoms with Crippen LogP contribution in [-0.4, -0.2) is 36.8 Å². The van der Waals surface area contributed by atoms with Crippen LogP contribution in [0.4, 0.5) is 0 Å². The molecular weight excluding hydrogens is 290 g/mol. The van der Waals surface area contributed by atoms with Crippen LogP contribution in [0.5, 0.6) is 5.88 Å². The third-order valence-corrected chi connectivity index (χ3v) is 3.56. The first-order chi connectivity index (χ1) is 10.3. The summed E-state index contributed by atoms with van der Waals surface area (Å²) in [6.45, 7) is 2.21. The highest BCUT2D eigenvalue weighted by molar-refractivity contribution is 6.30. The summed E-state index contributed by atoms with van der Waals surface area (Å²) in [5, 5.41) is 4.07. The molecule has 1 unspecified atom stereocenters. The van der Waals surface area contributed by atoms with Crippen LogP contribution in [0, 0.1) is 0 Å². The zero-order chi connectivity index (χ0) is 14.7. The van der Waals surface area contributed by atoms with Crippen LogP contribution in [0.1, 0.15) is 11.6 Å². The number of aromatic nitrogens is 2. The Morgan fingerprint density at radius 3 is 3.05 bits per heavy atom. The van der Waals surface area contributed by atoms with E-state index in [1.807, 2.05) is 18.2 Å². The van der Waals surface area contributed by atoms with Gasteiger partial charge in [0.15, 0.2) is 5.82 Å². The first kappa shape index (κ1) is 14.3. The molecule has 1 atom stereocenters. The summed E-state index contributed by atoms with van der Waals surface area (Å²) in [5.74, 6) is 1.12. The van der Waals surface area contributed by atoms with Gasteiger partial charge >= 0.3 is 0 Å². The van der Waals surface area contributed by atoms with Gasteiger partial charge in [0, 0.05) is 29.4 Å². The Kier molecular flexibility index (Phi) is 4.34. The van der Waals surface area contributed by atoms with Gasteiger partial charge in [-0.2, -0.15) is 4.98 Å². The van der Waals surface area contributed by atoms with Crippen molar-refractivity contribution in [1.82, 2.24) is 15.3 Å². The van der Waals surface area contributed by atoms with Gasteiger partial charge in [0.2, 0.25) is 5.88 Å². The Morgan fingerprint density at radius 2 is 2.29 bits per heavy atom. The second-order valence-corrected chi connectivity index (χ2v) is 5.21. The predicted molar refractivity (Wildman–Crippen MR) is 80.6 cm³/mol. The van der Waals surface area contributed by atoms with Crippen LogP contribution < -0.4 is 10.1 Å². The molecule has 1 fully saturated rings. The van der Waals surface area contributed by atoms with Crippen LogP contribution in [0.2, 0.25) is 5.02 Å². The van der Waals surface area contributed by atoms with Gasteiger partial charge in [0.25, 0.3) is 0 Å². The Hall–Kier alpha value is -1.69. The molecule has 6 heteroatoms. The highest BCUT2D eigenvalue weighted by Gasteiger charge is 2.17. The topological polar surface area (TPSA) is 56.3 Å². The highest BCUT2D eigenvalue weighted by atomic mass is 35.5. The molecule has 2 aromatic rings. The largest absolute Gasteiger partial charge is 0.481 e. The predicted octanol–water partition coefficient (Wildman–Crippen LogP) is 2.47. The molecule has 0 amide bonds. The minimum absolute atomic E-state index is 0.141. The first-order valence-electron chi connectivity index (χ1n) is 6.75. The summed E-state index contributed by atoms with van der Waals surface area (Å²) < 4.78 is 10.6. The van der Waals surface area contributed by atoms with E-state index < -0.39 is 0 Å². The summed E-state index contributed by atoms with van der Waals surface area (Å²) in [5.41, 5.74) is 1.94. The molecule has 0 spiro atoms. The molecule has 1 aromatic heterocycles. The van der Waals surface area contributed by atoms with Crippen molar-refractivity contribution in [2.75, 3.05) is 26.9 Å². The van der Waals surface area contributed by atoms with Gasteiger partial charge in [0.1, 0.15) is 0 Å². The van der Waals surface area contributed by atoms with Crippen LogP contribution in [0.25, 0.3) is 11.4 Å². The van der Waals surface area contributed by atoms with Crippen molar-refractivity contribution in [3.8, 4) is 17.3 Å². The van der Waals surface area contributed by atoms with Crippen molar-refractivity contribution >= 4 is 11.6 Å². The molecule has 1 saturated heterocycles. The van der Waals surface area contributed by atoms with Crippen LogP contribution in [0.15, 0.2) is 30.5 Å². The third kappa shape index (κ3) is 3.32. The van der Waals surface area contributed by atoms with Crippen molar-refractivity contribution < 1.29 is 9.47 Å². The maximum Gasteiger partial charge on any atom is 0.216 e. The van der Waals surface area contributed by atoms with E-state index in [1.54, 1.807) is 19.4 Å². The Labute approximate surface area is 128 Å².